The molecule has 0 fully saturated rings. The molecule has 1 aliphatic rings. The molecule has 0 radical (unpaired) electrons. The van der Waals surface area contributed by atoms with Crippen LogP contribution in [0.5, 0.6) is 0 Å². The number of imidazole rings is 1. The largest absolute Gasteiger partial charge is 1.00 e. The van der Waals surface area contributed by atoms with E-state index in [4.69, 9.17) is 23.2 Å². The fourth-order valence-corrected chi connectivity index (χ4v) is 4.23. The first-order valence-electron chi connectivity index (χ1n) is 9.95. The van der Waals surface area contributed by atoms with Crippen molar-refractivity contribution in [2.75, 3.05) is 0 Å². The highest BCUT2D eigenvalue weighted by Gasteiger charge is 2.30. The van der Waals surface area contributed by atoms with E-state index in [0.717, 1.165) is 36.2 Å². The predicted molar refractivity (Wildman–Crippen MR) is 118 cm³/mol. The summed E-state index contributed by atoms with van der Waals surface area (Å²) in [6.07, 6.45) is 4.12. The molecule has 3 nitrogen and oxygen atoms in total. The molecule has 0 bridgehead atoms. The maximum Gasteiger partial charge on any atom is 0.257 e. The van der Waals surface area contributed by atoms with Crippen molar-refractivity contribution in [1.29, 1.82) is 0 Å². The molecule has 2 heterocycles. The number of hydrogen-bond donors (Lipinski definition) is 0. The predicted octanol–water partition coefficient (Wildman–Crippen LogP) is 2.88. The van der Waals surface area contributed by atoms with Crippen molar-refractivity contribution < 1.29 is 26.3 Å². The summed E-state index contributed by atoms with van der Waals surface area (Å²) < 4.78 is 4.38. The normalized spacial score (nSPS) is 13.1. The molecule has 3 aromatic rings. The minimum atomic E-state index is 0. The van der Waals surface area contributed by atoms with Gasteiger partial charge in [0.25, 0.3) is 5.82 Å². The Bertz CT molecular complexity index is 1080. The zero-order valence-electron chi connectivity index (χ0n) is 17.4. The molecular formula is C24H25BrCl2N2O. The van der Waals surface area contributed by atoms with Crippen LogP contribution < -0.4 is 21.5 Å². The second kappa shape index (κ2) is 8.86. The van der Waals surface area contributed by atoms with Crippen LogP contribution in [0.3, 0.4) is 0 Å². The van der Waals surface area contributed by atoms with E-state index in [9.17, 15) is 4.79 Å². The molecule has 0 N–H and O–H groups in total. The first kappa shape index (κ1) is 23.1. The number of carbonyl (C=O) groups is 1. The van der Waals surface area contributed by atoms with Gasteiger partial charge in [-0.1, -0.05) is 68.2 Å². The Labute approximate surface area is 198 Å². The highest BCUT2D eigenvalue weighted by Crippen LogP contribution is 2.30. The van der Waals surface area contributed by atoms with Gasteiger partial charge in [-0.05, 0) is 35.6 Å². The molecule has 158 valence electrons. The Kier molecular flexibility index (Phi) is 6.81. The van der Waals surface area contributed by atoms with Crippen LogP contribution in [-0.4, -0.2) is 10.4 Å². The second-order valence-corrected chi connectivity index (χ2v) is 9.51. The van der Waals surface area contributed by atoms with Crippen molar-refractivity contribution >= 4 is 29.0 Å². The standard InChI is InChI=1S/C24H25Cl2N2O.BrH/c1-24(2,3)18-9-6-16(7-10-18)22(29)15-27-14-21(28-12-4-5-23(27)28)17-8-11-19(25)20(26)13-17;/h6-11,13-14H,4-5,12,15H2,1-3H3;1H/q+1;/p-1. The summed E-state index contributed by atoms with van der Waals surface area (Å²) >= 11 is 12.3. The molecule has 0 saturated carbocycles. The number of hydrogen-bond acceptors (Lipinski definition) is 1. The highest BCUT2D eigenvalue weighted by atomic mass is 79.9. The zero-order chi connectivity index (χ0) is 20.8. The van der Waals surface area contributed by atoms with Crippen molar-refractivity contribution in [1.82, 2.24) is 4.57 Å². The third kappa shape index (κ3) is 4.51. The molecule has 1 aliphatic heterocycles. The van der Waals surface area contributed by atoms with E-state index < -0.39 is 0 Å². The van der Waals surface area contributed by atoms with Crippen LogP contribution in [0, 0.1) is 0 Å². The number of ketones is 1. The Hall–Kier alpha value is -1.62. The van der Waals surface area contributed by atoms with Crippen LogP contribution >= 0.6 is 23.2 Å². The summed E-state index contributed by atoms with van der Waals surface area (Å²) in [4.78, 5) is 13.0. The first-order valence-corrected chi connectivity index (χ1v) is 10.7. The van der Waals surface area contributed by atoms with Crippen molar-refractivity contribution in [3.8, 4) is 11.3 Å². The number of Topliss-reactive ketones (excluding diaryl/α,β-unsaturated/α-hetero) is 1. The van der Waals surface area contributed by atoms with Crippen LogP contribution in [-0.2, 0) is 24.9 Å². The van der Waals surface area contributed by atoms with Gasteiger partial charge in [0.2, 0.25) is 5.78 Å². The van der Waals surface area contributed by atoms with Gasteiger partial charge in [-0.3, -0.25) is 4.79 Å². The van der Waals surface area contributed by atoms with Gasteiger partial charge in [-0.15, -0.1) is 0 Å². The average molecular weight is 508 g/mol. The Morgan fingerprint density at radius 3 is 2.40 bits per heavy atom. The first-order chi connectivity index (χ1) is 13.7. The van der Waals surface area contributed by atoms with Gasteiger partial charge in [0.05, 0.1) is 23.0 Å². The summed E-state index contributed by atoms with van der Waals surface area (Å²) in [5.41, 5.74) is 4.15. The van der Waals surface area contributed by atoms with E-state index in [0.29, 0.717) is 16.6 Å². The third-order valence-electron chi connectivity index (χ3n) is 5.60. The average Bonchev–Trinajstić information content (AvgIpc) is 3.27. The topological polar surface area (TPSA) is 25.9 Å². The summed E-state index contributed by atoms with van der Waals surface area (Å²) in [5.74, 6) is 1.31. The Morgan fingerprint density at radius 1 is 1.07 bits per heavy atom. The maximum atomic E-state index is 13.0. The Morgan fingerprint density at radius 2 is 1.77 bits per heavy atom. The molecular weight excluding hydrogens is 483 g/mol. The van der Waals surface area contributed by atoms with Gasteiger partial charge in [0.15, 0.2) is 12.2 Å². The second-order valence-electron chi connectivity index (χ2n) is 8.69. The fraction of sp³-hybridized carbons (Fsp3) is 0.333. The van der Waals surface area contributed by atoms with Gasteiger partial charge < -0.3 is 17.0 Å². The smallest absolute Gasteiger partial charge is 0.257 e. The lowest BCUT2D eigenvalue weighted by molar-refractivity contribution is -0.689. The van der Waals surface area contributed by atoms with E-state index in [1.165, 1.54) is 11.4 Å². The zero-order valence-corrected chi connectivity index (χ0v) is 20.5. The van der Waals surface area contributed by atoms with Crippen molar-refractivity contribution in [2.45, 2.75) is 52.1 Å². The number of benzene rings is 2. The van der Waals surface area contributed by atoms with E-state index in [1.807, 2.05) is 30.3 Å². The maximum absolute atomic E-state index is 13.0. The van der Waals surface area contributed by atoms with Gasteiger partial charge in [0.1, 0.15) is 6.20 Å². The number of carbonyl (C=O) groups excluding carboxylic acids is 1. The summed E-state index contributed by atoms with van der Waals surface area (Å²) in [7, 11) is 0. The molecule has 0 atom stereocenters. The van der Waals surface area contributed by atoms with E-state index in [1.54, 1.807) is 0 Å². The van der Waals surface area contributed by atoms with E-state index in [2.05, 4.69) is 48.2 Å². The van der Waals surface area contributed by atoms with E-state index >= 15 is 0 Å². The number of fused-ring (bicyclic) bond motifs is 1. The summed E-state index contributed by atoms with van der Waals surface area (Å²) in [5, 5.41) is 1.09. The molecule has 4 rings (SSSR count). The van der Waals surface area contributed by atoms with Crippen molar-refractivity contribution in [3.63, 3.8) is 0 Å². The number of rotatable bonds is 4. The highest BCUT2D eigenvalue weighted by molar-refractivity contribution is 6.42. The van der Waals surface area contributed by atoms with Crippen LogP contribution in [0.4, 0.5) is 0 Å². The fourth-order valence-electron chi connectivity index (χ4n) is 3.93. The number of halogens is 3. The number of aromatic nitrogens is 2. The van der Waals surface area contributed by atoms with E-state index in [-0.39, 0.29) is 28.2 Å². The molecule has 2 aromatic carbocycles. The van der Waals surface area contributed by atoms with Crippen LogP contribution in [0.1, 0.15) is 48.9 Å². The molecule has 0 unspecified atom stereocenters. The number of nitrogens with zero attached hydrogens (tertiary/aromatic N) is 2. The van der Waals surface area contributed by atoms with Gasteiger partial charge >= 0.3 is 0 Å². The van der Waals surface area contributed by atoms with Gasteiger partial charge in [-0.2, -0.15) is 0 Å². The summed E-state index contributed by atoms with van der Waals surface area (Å²) in [6, 6.07) is 13.7. The van der Waals surface area contributed by atoms with Crippen molar-refractivity contribution in [2.24, 2.45) is 0 Å². The SMILES string of the molecule is CC(C)(C)c1ccc(C(=O)C[n+]2cc(-c3ccc(Cl)c(Cl)c3)n3c2CCC3)cc1.[Br-]. The van der Waals surface area contributed by atoms with Crippen LogP contribution in [0.15, 0.2) is 48.7 Å². The van der Waals surface area contributed by atoms with Gasteiger partial charge in [-0.25, -0.2) is 9.13 Å². The minimum Gasteiger partial charge on any atom is -1.00 e. The van der Waals surface area contributed by atoms with Crippen LogP contribution in [0.25, 0.3) is 11.3 Å². The lowest BCUT2D eigenvalue weighted by Crippen LogP contribution is -3.00. The lowest BCUT2D eigenvalue weighted by atomic mass is 9.86. The van der Waals surface area contributed by atoms with Crippen molar-refractivity contribution in [3.05, 3.63) is 75.7 Å². The molecule has 6 heteroatoms. The third-order valence-corrected chi connectivity index (χ3v) is 6.34. The van der Waals surface area contributed by atoms with Gasteiger partial charge in [0, 0.05) is 11.1 Å². The molecule has 0 amide bonds. The molecule has 0 spiro atoms. The molecule has 1 aromatic heterocycles. The monoisotopic (exact) mass is 506 g/mol. The minimum absolute atomic E-state index is 0. The lowest BCUT2D eigenvalue weighted by Gasteiger charge is -2.18. The molecule has 30 heavy (non-hydrogen) atoms. The summed E-state index contributed by atoms with van der Waals surface area (Å²) in [6.45, 7) is 7.82. The quantitative estimate of drug-likeness (QED) is 0.394. The Balaban J connectivity index is 0.00000256. The molecule has 0 aliphatic carbocycles. The molecule has 0 saturated heterocycles. The van der Waals surface area contributed by atoms with Crippen LogP contribution in [0.2, 0.25) is 10.0 Å².